The van der Waals surface area contributed by atoms with Crippen molar-refractivity contribution >= 4 is 23.2 Å². The minimum absolute atomic E-state index is 0.0531. The molecule has 0 saturated heterocycles. The van der Waals surface area contributed by atoms with Crippen LogP contribution in [-0.2, 0) is 0 Å². The van der Waals surface area contributed by atoms with Crippen LogP contribution in [0.2, 0.25) is 10.0 Å². The highest BCUT2D eigenvalue weighted by Crippen LogP contribution is 2.32. The fraction of sp³-hybridized carbons (Fsp3) is 0.250. The second kappa shape index (κ2) is 8.73. The van der Waals surface area contributed by atoms with Crippen LogP contribution in [-0.4, -0.2) is 31.5 Å². The summed E-state index contributed by atoms with van der Waals surface area (Å²) in [5, 5.41) is 9.71. The molecule has 118 valence electrons. The standard InChI is InChI=1S/C16H16Cl2O4/c17-12-4-3-5-13(18)16(12)22-11-10-21-15-7-2-1-6-14(15)20-9-8-19/h1-7,19H,8-11H2. The molecular formula is C16H16Cl2O4. The molecular weight excluding hydrogens is 327 g/mol. The van der Waals surface area contributed by atoms with E-state index in [2.05, 4.69) is 0 Å². The molecule has 1 N–H and O–H groups in total. The smallest absolute Gasteiger partial charge is 0.161 e. The van der Waals surface area contributed by atoms with Gasteiger partial charge in [-0.1, -0.05) is 41.4 Å². The lowest BCUT2D eigenvalue weighted by molar-refractivity contribution is 0.184. The Kier molecular flexibility index (Phi) is 6.65. The van der Waals surface area contributed by atoms with E-state index in [1.807, 2.05) is 12.1 Å². The van der Waals surface area contributed by atoms with Crippen molar-refractivity contribution in [3.63, 3.8) is 0 Å². The number of aliphatic hydroxyl groups is 1. The first kappa shape index (κ1) is 16.7. The van der Waals surface area contributed by atoms with E-state index in [4.69, 9.17) is 42.5 Å². The van der Waals surface area contributed by atoms with Crippen molar-refractivity contribution in [2.75, 3.05) is 26.4 Å². The summed E-state index contributed by atoms with van der Waals surface area (Å²) in [5.74, 6) is 1.61. The van der Waals surface area contributed by atoms with Crippen LogP contribution in [0.1, 0.15) is 0 Å². The van der Waals surface area contributed by atoms with Crippen molar-refractivity contribution in [3.8, 4) is 17.2 Å². The van der Waals surface area contributed by atoms with Crippen LogP contribution in [0.3, 0.4) is 0 Å². The predicted octanol–water partition coefficient (Wildman–Crippen LogP) is 3.82. The molecule has 0 fully saturated rings. The number of ether oxygens (including phenoxy) is 3. The van der Waals surface area contributed by atoms with E-state index in [1.165, 1.54) is 0 Å². The summed E-state index contributed by atoms with van der Waals surface area (Å²) < 4.78 is 16.5. The average Bonchev–Trinajstić information content (AvgIpc) is 2.52. The number of benzene rings is 2. The van der Waals surface area contributed by atoms with E-state index in [9.17, 15) is 0 Å². The molecule has 0 amide bonds. The maximum atomic E-state index is 8.80. The zero-order valence-corrected chi connectivity index (χ0v) is 13.3. The maximum absolute atomic E-state index is 8.80. The van der Waals surface area contributed by atoms with Gasteiger partial charge in [0.2, 0.25) is 0 Å². The van der Waals surface area contributed by atoms with Gasteiger partial charge in [0.1, 0.15) is 19.8 Å². The van der Waals surface area contributed by atoms with Gasteiger partial charge in [0.15, 0.2) is 17.2 Å². The van der Waals surface area contributed by atoms with Gasteiger partial charge in [-0.3, -0.25) is 0 Å². The van der Waals surface area contributed by atoms with Crippen LogP contribution in [0.5, 0.6) is 17.2 Å². The fourth-order valence-corrected chi connectivity index (χ4v) is 2.27. The fourth-order valence-electron chi connectivity index (χ4n) is 1.76. The van der Waals surface area contributed by atoms with Crippen molar-refractivity contribution < 1.29 is 19.3 Å². The minimum Gasteiger partial charge on any atom is -0.487 e. The topological polar surface area (TPSA) is 47.9 Å². The molecule has 0 aliphatic carbocycles. The number of hydrogen-bond donors (Lipinski definition) is 1. The quantitative estimate of drug-likeness (QED) is 0.741. The van der Waals surface area contributed by atoms with Crippen LogP contribution in [0, 0.1) is 0 Å². The monoisotopic (exact) mass is 342 g/mol. The minimum atomic E-state index is -0.0531. The summed E-state index contributed by atoms with van der Waals surface area (Å²) in [6.45, 7) is 0.757. The SMILES string of the molecule is OCCOc1ccccc1OCCOc1c(Cl)cccc1Cl. The van der Waals surface area contributed by atoms with Crippen LogP contribution < -0.4 is 14.2 Å². The Morgan fingerprint density at radius 3 is 1.86 bits per heavy atom. The molecule has 0 aliphatic rings. The second-order valence-corrected chi connectivity index (χ2v) is 5.08. The first-order valence-corrected chi connectivity index (χ1v) is 7.50. The highest BCUT2D eigenvalue weighted by Gasteiger charge is 2.07. The summed E-state index contributed by atoms with van der Waals surface area (Å²) in [5.41, 5.74) is 0. The number of hydrogen-bond acceptors (Lipinski definition) is 4. The van der Waals surface area contributed by atoms with Gasteiger partial charge in [-0.05, 0) is 24.3 Å². The second-order valence-electron chi connectivity index (χ2n) is 4.27. The number of halogens is 2. The van der Waals surface area contributed by atoms with Crippen molar-refractivity contribution in [2.45, 2.75) is 0 Å². The first-order valence-electron chi connectivity index (χ1n) is 6.74. The Morgan fingerprint density at radius 1 is 0.727 bits per heavy atom. The molecule has 0 aliphatic heterocycles. The van der Waals surface area contributed by atoms with Gasteiger partial charge >= 0.3 is 0 Å². The summed E-state index contributed by atoms with van der Waals surface area (Å²) >= 11 is 12.0. The molecule has 4 nitrogen and oxygen atoms in total. The van der Waals surface area contributed by atoms with Crippen molar-refractivity contribution in [1.29, 1.82) is 0 Å². The molecule has 0 heterocycles. The van der Waals surface area contributed by atoms with Gasteiger partial charge < -0.3 is 19.3 Å². The number of aliphatic hydroxyl groups excluding tert-OH is 1. The van der Waals surface area contributed by atoms with Crippen molar-refractivity contribution in [1.82, 2.24) is 0 Å². The molecule has 0 bridgehead atoms. The molecule has 0 spiro atoms. The van der Waals surface area contributed by atoms with E-state index < -0.39 is 0 Å². The first-order chi connectivity index (χ1) is 10.7. The van der Waals surface area contributed by atoms with E-state index >= 15 is 0 Å². The Bertz CT molecular complexity index is 584. The van der Waals surface area contributed by atoms with Gasteiger partial charge in [-0.25, -0.2) is 0 Å². The number of para-hydroxylation sites is 3. The summed E-state index contributed by atoms with van der Waals surface area (Å²) in [4.78, 5) is 0. The molecule has 0 unspecified atom stereocenters. The summed E-state index contributed by atoms with van der Waals surface area (Å²) in [7, 11) is 0. The van der Waals surface area contributed by atoms with Gasteiger partial charge in [-0.2, -0.15) is 0 Å². The Hall–Kier alpha value is -1.62. The molecule has 2 aromatic carbocycles. The molecule has 0 atom stereocenters. The molecule has 0 radical (unpaired) electrons. The summed E-state index contributed by atoms with van der Waals surface area (Å²) in [6.07, 6.45) is 0. The van der Waals surface area contributed by atoms with Crippen molar-refractivity contribution in [3.05, 3.63) is 52.5 Å². The molecule has 0 saturated carbocycles. The van der Waals surface area contributed by atoms with E-state index in [0.29, 0.717) is 33.9 Å². The third kappa shape index (κ3) is 4.70. The van der Waals surface area contributed by atoms with Gasteiger partial charge in [0.05, 0.1) is 16.7 Å². The lowest BCUT2D eigenvalue weighted by atomic mass is 10.3. The van der Waals surface area contributed by atoms with E-state index in [1.54, 1.807) is 30.3 Å². The zero-order chi connectivity index (χ0) is 15.8. The highest BCUT2D eigenvalue weighted by atomic mass is 35.5. The highest BCUT2D eigenvalue weighted by molar-refractivity contribution is 6.37. The van der Waals surface area contributed by atoms with Crippen LogP contribution in [0.15, 0.2) is 42.5 Å². The van der Waals surface area contributed by atoms with Crippen LogP contribution in [0.25, 0.3) is 0 Å². The van der Waals surface area contributed by atoms with Gasteiger partial charge in [0, 0.05) is 0 Å². The normalized spacial score (nSPS) is 10.3. The van der Waals surface area contributed by atoms with E-state index in [0.717, 1.165) is 0 Å². The third-order valence-electron chi connectivity index (χ3n) is 2.70. The molecule has 2 aromatic rings. The number of rotatable bonds is 8. The van der Waals surface area contributed by atoms with Gasteiger partial charge in [-0.15, -0.1) is 0 Å². The Morgan fingerprint density at radius 2 is 1.27 bits per heavy atom. The lowest BCUT2D eigenvalue weighted by Crippen LogP contribution is -2.10. The predicted molar refractivity (Wildman–Crippen MR) is 86.5 cm³/mol. The largest absolute Gasteiger partial charge is 0.487 e. The van der Waals surface area contributed by atoms with Gasteiger partial charge in [0.25, 0.3) is 0 Å². The third-order valence-corrected chi connectivity index (χ3v) is 3.30. The van der Waals surface area contributed by atoms with E-state index in [-0.39, 0.29) is 19.8 Å². The lowest BCUT2D eigenvalue weighted by Gasteiger charge is -2.13. The zero-order valence-electron chi connectivity index (χ0n) is 11.8. The summed E-state index contributed by atoms with van der Waals surface area (Å²) in [6, 6.07) is 12.4. The molecule has 0 aromatic heterocycles. The Labute approximate surface area is 139 Å². The van der Waals surface area contributed by atoms with Crippen LogP contribution >= 0.6 is 23.2 Å². The molecule has 6 heteroatoms. The van der Waals surface area contributed by atoms with Crippen molar-refractivity contribution in [2.24, 2.45) is 0 Å². The molecule has 2 rings (SSSR count). The average molecular weight is 343 g/mol. The maximum Gasteiger partial charge on any atom is 0.161 e. The Balaban J connectivity index is 1.86. The van der Waals surface area contributed by atoms with Crippen LogP contribution in [0.4, 0.5) is 0 Å². The molecule has 22 heavy (non-hydrogen) atoms.